The molecule has 2 aromatic rings. The Balaban J connectivity index is 2.15. The van der Waals surface area contributed by atoms with Crippen molar-refractivity contribution in [3.05, 3.63) is 59.7 Å². The fourth-order valence-corrected chi connectivity index (χ4v) is 2.85. The van der Waals surface area contributed by atoms with Crippen LogP contribution in [0.15, 0.2) is 58.3 Å². The van der Waals surface area contributed by atoms with Crippen molar-refractivity contribution in [2.45, 2.75) is 15.9 Å². The Hall–Kier alpha value is -1.74. The summed E-state index contributed by atoms with van der Waals surface area (Å²) in [6, 6.07) is 13.9. The van der Waals surface area contributed by atoms with E-state index in [2.05, 4.69) is 11.8 Å². The summed E-state index contributed by atoms with van der Waals surface area (Å²) in [4.78, 5) is 1.38. The number of benzene rings is 2. The zero-order chi connectivity index (χ0) is 16.2. The summed E-state index contributed by atoms with van der Waals surface area (Å²) < 4.78 is 22.7. The van der Waals surface area contributed by atoms with Crippen LogP contribution >= 0.6 is 11.8 Å². The molecular formula is C17H16O3S2. The van der Waals surface area contributed by atoms with Gasteiger partial charge in [0.05, 0.1) is 4.90 Å². The summed E-state index contributed by atoms with van der Waals surface area (Å²) in [6.07, 6.45) is 2.28. The molecule has 0 saturated heterocycles. The van der Waals surface area contributed by atoms with Crippen LogP contribution in [0.4, 0.5) is 0 Å². The van der Waals surface area contributed by atoms with Crippen molar-refractivity contribution in [1.82, 2.24) is 0 Å². The molecule has 0 radical (unpaired) electrons. The first-order chi connectivity index (χ1) is 10.4. The highest BCUT2D eigenvalue weighted by Crippen LogP contribution is 2.18. The van der Waals surface area contributed by atoms with Gasteiger partial charge >= 0.3 is 0 Å². The minimum atomic E-state index is -3.20. The van der Waals surface area contributed by atoms with E-state index in [9.17, 15) is 13.5 Å². The standard InChI is InChI=1S/C17H16O3S2/c1-21-15-8-6-14(7-9-15)17(18)12-5-13-3-10-16(11-4-13)22(2,19)20/h3-4,6-11,17-18H,1-2H3/t17-/m0/s1. The fraction of sp³-hybridized carbons (Fsp3) is 0.176. The molecule has 0 aliphatic rings. The second kappa shape index (κ2) is 7.01. The zero-order valence-corrected chi connectivity index (χ0v) is 13.9. The molecule has 1 atom stereocenters. The highest BCUT2D eigenvalue weighted by atomic mass is 32.2. The van der Waals surface area contributed by atoms with Crippen LogP contribution in [0.1, 0.15) is 17.2 Å². The zero-order valence-electron chi connectivity index (χ0n) is 12.3. The molecule has 114 valence electrons. The predicted octanol–water partition coefficient (Wildman–Crippen LogP) is 2.90. The Bertz CT molecular complexity index is 796. The molecule has 3 nitrogen and oxygen atoms in total. The lowest BCUT2D eigenvalue weighted by Gasteiger charge is -2.04. The molecule has 1 N–H and O–H groups in total. The van der Waals surface area contributed by atoms with Gasteiger partial charge in [-0.2, -0.15) is 0 Å². The van der Waals surface area contributed by atoms with E-state index in [0.29, 0.717) is 5.56 Å². The minimum absolute atomic E-state index is 0.256. The van der Waals surface area contributed by atoms with Gasteiger partial charge in [0.15, 0.2) is 9.84 Å². The van der Waals surface area contributed by atoms with Crippen LogP contribution in [0.2, 0.25) is 0 Å². The number of rotatable bonds is 3. The molecule has 2 rings (SSSR count). The Morgan fingerprint density at radius 3 is 2.14 bits per heavy atom. The maximum Gasteiger partial charge on any atom is 0.175 e. The molecule has 0 spiro atoms. The van der Waals surface area contributed by atoms with Crippen molar-refractivity contribution in [2.24, 2.45) is 0 Å². The summed E-state index contributed by atoms with van der Waals surface area (Å²) in [5.41, 5.74) is 1.39. The molecule has 0 bridgehead atoms. The Morgan fingerprint density at radius 2 is 1.64 bits per heavy atom. The van der Waals surface area contributed by atoms with Crippen LogP contribution in [-0.2, 0) is 9.84 Å². The quantitative estimate of drug-likeness (QED) is 0.694. The van der Waals surface area contributed by atoms with Gasteiger partial charge in [-0.05, 0) is 48.2 Å². The summed E-state index contributed by atoms with van der Waals surface area (Å²) in [5.74, 6) is 5.61. The Labute approximate surface area is 135 Å². The van der Waals surface area contributed by atoms with Gasteiger partial charge in [0.1, 0.15) is 6.10 Å². The van der Waals surface area contributed by atoms with E-state index in [0.717, 1.165) is 16.7 Å². The second-order valence-electron chi connectivity index (χ2n) is 4.74. The first-order valence-electron chi connectivity index (χ1n) is 6.54. The van der Waals surface area contributed by atoms with Crippen LogP contribution in [0.3, 0.4) is 0 Å². The first kappa shape index (κ1) is 16.6. The summed E-state index contributed by atoms with van der Waals surface area (Å²) in [5, 5.41) is 10.1. The highest BCUT2D eigenvalue weighted by Gasteiger charge is 2.06. The molecular weight excluding hydrogens is 316 g/mol. The van der Waals surface area contributed by atoms with Gasteiger partial charge in [-0.1, -0.05) is 24.0 Å². The monoisotopic (exact) mass is 332 g/mol. The predicted molar refractivity (Wildman–Crippen MR) is 89.6 cm³/mol. The van der Waals surface area contributed by atoms with E-state index in [4.69, 9.17) is 0 Å². The smallest absolute Gasteiger partial charge is 0.175 e. The largest absolute Gasteiger partial charge is 0.376 e. The second-order valence-corrected chi connectivity index (χ2v) is 7.64. The third-order valence-electron chi connectivity index (χ3n) is 3.07. The van der Waals surface area contributed by atoms with Gasteiger partial charge < -0.3 is 5.11 Å². The van der Waals surface area contributed by atoms with Gasteiger partial charge in [-0.3, -0.25) is 0 Å². The van der Waals surface area contributed by atoms with Gasteiger partial charge in [0.25, 0.3) is 0 Å². The van der Waals surface area contributed by atoms with Crippen molar-refractivity contribution in [2.75, 3.05) is 12.5 Å². The SMILES string of the molecule is CSc1ccc([C@@H](O)C#Cc2ccc(S(C)(=O)=O)cc2)cc1. The van der Waals surface area contributed by atoms with Crippen LogP contribution in [0, 0.1) is 11.8 Å². The molecule has 0 saturated carbocycles. The van der Waals surface area contributed by atoms with E-state index >= 15 is 0 Å². The lowest BCUT2D eigenvalue weighted by molar-refractivity contribution is 0.238. The van der Waals surface area contributed by atoms with Gasteiger partial charge in [-0.15, -0.1) is 11.8 Å². The van der Waals surface area contributed by atoms with E-state index in [1.807, 2.05) is 30.5 Å². The number of sulfone groups is 1. The van der Waals surface area contributed by atoms with Crippen molar-refractivity contribution in [3.63, 3.8) is 0 Å². The van der Waals surface area contributed by atoms with Crippen LogP contribution in [0.25, 0.3) is 0 Å². The number of aliphatic hydroxyl groups is 1. The number of hydrogen-bond acceptors (Lipinski definition) is 4. The molecule has 22 heavy (non-hydrogen) atoms. The third-order valence-corrected chi connectivity index (χ3v) is 4.94. The fourth-order valence-electron chi connectivity index (χ4n) is 1.81. The molecule has 0 fully saturated rings. The molecule has 0 unspecified atom stereocenters. The summed E-state index contributed by atoms with van der Waals surface area (Å²) in [7, 11) is -3.20. The van der Waals surface area contributed by atoms with Gasteiger partial charge in [-0.25, -0.2) is 8.42 Å². The Kier molecular flexibility index (Phi) is 5.30. The van der Waals surface area contributed by atoms with Crippen molar-refractivity contribution in [1.29, 1.82) is 0 Å². The lowest BCUT2D eigenvalue weighted by atomic mass is 10.1. The van der Waals surface area contributed by atoms with Crippen molar-refractivity contribution < 1.29 is 13.5 Å². The van der Waals surface area contributed by atoms with E-state index in [1.165, 1.54) is 12.1 Å². The normalized spacial score (nSPS) is 12.3. The topological polar surface area (TPSA) is 54.4 Å². The molecule has 0 heterocycles. The summed E-state index contributed by atoms with van der Waals surface area (Å²) >= 11 is 1.64. The van der Waals surface area contributed by atoms with Gasteiger partial charge in [0, 0.05) is 16.7 Å². The van der Waals surface area contributed by atoms with Crippen molar-refractivity contribution >= 4 is 21.6 Å². The third kappa shape index (κ3) is 4.38. The molecule has 0 aliphatic carbocycles. The molecule has 0 amide bonds. The van der Waals surface area contributed by atoms with E-state index in [-0.39, 0.29) is 4.90 Å². The average Bonchev–Trinajstić information content (AvgIpc) is 2.52. The van der Waals surface area contributed by atoms with Crippen molar-refractivity contribution in [3.8, 4) is 11.8 Å². The number of aliphatic hydroxyl groups excluding tert-OH is 1. The molecule has 5 heteroatoms. The molecule has 2 aromatic carbocycles. The maximum absolute atomic E-state index is 11.4. The van der Waals surface area contributed by atoms with Crippen LogP contribution in [0.5, 0.6) is 0 Å². The van der Waals surface area contributed by atoms with E-state index < -0.39 is 15.9 Å². The Morgan fingerprint density at radius 1 is 1.05 bits per heavy atom. The highest BCUT2D eigenvalue weighted by molar-refractivity contribution is 7.98. The van der Waals surface area contributed by atoms with Crippen LogP contribution < -0.4 is 0 Å². The lowest BCUT2D eigenvalue weighted by Crippen LogP contribution is -1.96. The molecule has 0 aliphatic heterocycles. The van der Waals surface area contributed by atoms with E-state index in [1.54, 1.807) is 23.9 Å². The average molecular weight is 332 g/mol. The summed E-state index contributed by atoms with van der Waals surface area (Å²) in [6.45, 7) is 0. The number of thioether (sulfide) groups is 1. The minimum Gasteiger partial charge on any atom is -0.376 e. The first-order valence-corrected chi connectivity index (χ1v) is 9.65. The van der Waals surface area contributed by atoms with Gasteiger partial charge in [0.2, 0.25) is 0 Å². The number of hydrogen-bond donors (Lipinski definition) is 1. The maximum atomic E-state index is 11.4. The molecule has 0 aromatic heterocycles. The van der Waals surface area contributed by atoms with Crippen LogP contribution in [-0.4, -0.2) is 26.0 Å².